The summed E-state index contributed by atoms with van der Waals surface area (Å²) in [6.45, 7) is 8.55. The number of benzene rings is 2. The van der Waals surface area contributed by atoms with Gasteiger partial charge in [0, 0.05) is 12.1 Å². The van der Waals surface area contributed by atoms with Crippen molar-refractivity contribution in [1.82, 2.24) is 4.90 Å². The summed E-state index contributed by atoms with van der Waals surface area (Å²) in [6.07, 6.45) is 1.97. The summed E-state index contributed by atoms with van der Waals surface area (Å²) in [7, 11) is 0. The van der Waals surface area contributed by atoms with Crippen molar-refractivity contribution in [3.05, 3.63) is 64.6 Å². The molecule has 0 saturated carbocycles. The van der Waals surface area contributed by atoms with E-state index in [1.165, 1.54) is 11.8 Å². The molecular weight excluding hydrogens is 356 g/mol. The monoisotopic (exact) mass is 380 g/mol. The molecule has 1 fully saturated rings. The third-order valence-electron chi connectivity index (χ3n) is 4.10. The molecule has 1 heterocycles. The molecule has 1 amide bonds. The average Bonchev–Trinajstić information content (AvgIpc) is 2.93. The third-order valence-corrected chi connectivity index (χ3v) is 5.11. The Morgan fingerprint density at radius 3 is 2.56 bits per heavy atom. The minimum Gasteiger partial charge on any atom is -0.490 e. The number of aliphatic imine (C=N–C) groups is 1. The number of carbonyl (C=O) groups excluding carboxylic acids is 1. The number of aryl methyl sites for hydroxylation is 1. The second-order valence-electron chi connectivity index (χ2n) is 6.55. The number of ether oxygens (including phenoxy) is 1. The summed E-state index contributed by atoms with van der Waals surface area (Å²) >= 11 is 1.41. The summed E-state index contributed by atoms with van der Waals surface area (Å²) < 4.78 is 5.87. The largest absolute Gasteiger partial charge is 0.490 e. The molecular formula is C22H24N2O2S. The van der Waals surface area contributed by atoms with Gasteiger partial charge in [-0.3, -0.25) is 9.69 Å². The molecule has 0 atom stereocenters. The molecule has 0 bridgehead atoms. The molecule has 0 N–H and O–H groups in total. The predicted molar refractivity (Wildman–Crippen MR) is 113 cm³/mol. The second kappa shape index (κ2) is 8.44. The van der Waals surface area contributed by atoms with Crippen LogP contribution in [0.25, 0.3) is 6.08 Å². The smallest absolute Gasteiger partial charge is 0.266 e. The summed E-state index contributed by atoms with van der Waals surface area (Å²) in [5.41, 5.74) is 2.87. The van der Waals surface area contributed by atoms with Crippen molar-refractivity contribution in [3.8, 4) is 5.75 Å². The van der Waals surface area contributed by atoms with Gasteiger partial charge in [-0.05, 0) is 63.2 Å². The highest BCUT2D eigenvalue weighted by molar-refractivity contribution is 8.18. The quantitative estimate of drug-likeness (QED) is 0.652. The van der Waals surface area contributed by atoms with Crippen LogP contribution in [0.2, 0.25) is 0 Å². The standard InChI is InChI=1S/C22H24N2O2S/c1-5-24-21(25)20(14-17-11-7-9-13-19(17)26-15(2)3)27-22(24)23-18-12-8-6-10-16(18)4/h6-15H,5H2,1-4H3/b20-14+,23-22?. The molecule has 2 aromatic carbocycles. The van der Waals surface area contributed by atoms with Crippen LogP contribution < -0.4 is 4.74 Å². The van der Waals surface area contributed by atoms with Crippen LogP contribution in [0.5, 0.6) is 5.75 Å². The normalized spacial score (nSPS) is 17.4. The van der Waals surface area contributed by atoms with E-state index >= 15 is 0 Å². The fraction of sp³-hybridized carbons (Fsp3) is 0.273. The minimum atomic E-state index is -0.0193. The van der Waals surface area contributed by atoms with Gasteiger partial charge in [0.25, 0.3) is 5.91 Å². The first kappa shape index (κ1) is 19.2. The molecule has 1 aliphatic rings. The molecule has 5 heteroatoms. The van der Waals surface area contributed by atoms with Crippen LogP contribution in [-0.2, 0) is 4.79 Å². The van der Waals surface area contributed by atoms with E-state index in [4.69, 9.17) is 9.73 Å². The molecule has 0 radical (unpaired) electrons. The number of thioether (sulfide) groups is 1. The minimum absolute atomic E-state index is 0.0193. The maximum Gasteiger partial charge on any atom is 0.266 e. The van der Waals surface area contributed by atoms with E-state index in [2.05, 4.69) is 0 Å². The number of amides is 1. The van der Waals surface area contributed by atoms with Crippen molar-refractivity contribution >= 4 is 34.6 Å². The van der Waals surface area contributed by atoms with E-state index in [1.807, 2.05) is 82.3 Å². The van der Waals surface area contributed by atoms with E-state index in [0.717, 1.165) is 22.6 Å². The van der Waals surface area contributed by atoms with Crippen LogP contribution in [0.4, 0.5) is 5.69 Å². The Balaban J connectivity index is 1.96. The molecule has 0 aromatic heterocycles. The van der Waals surface area contributed by atoms with Gasteiger partial charge in [-0.1, -0.05) is 36.4 Å². The molecule has 27 heavy (non-hydrogen) atoms. The van der Waals surface area contributed by atoms with Crippen LogP contribution in [0.3, 0.4) is 0 Å². The zero-order chi connectivity index (χ0) is 19.4. The van der Waals surface area contributed by atoms with Gasteiger partial charge >= 0.3 is 0 Å². The zero-order valence-corrected chi connectivity index (χ0v) is 16.9. The van der Waals surface area contributed by atoms with Crippen molar-refractivity contribution in [3.63, 3.8) is 0 Å². The lowest BCUT2D eigenvalue weighted by Gasteiger charge is -2.13. The van der Waals surface area contributed by atoms with Crippen LogP contribution in [0.15, 0.2) is 58.4 Å². The van der Waals surface area contributed by atoms with Crippen molar-refractivity contribution in [2.24, 2.45) is 4.99 Å². The van der Waals surface area contributed by atoms with Gasteiger partial charge in [0.1, 0.15) is 5.75 Å². The van der Waals surface area contributed by atoms with E-state index < -0.39 is 0 Å². The lowest BCUT2D eigenvalue weighted by atomic mass is 10.2. The number of amidine groups is 1. The Morgan fingerprint density at radius 1 is 1.15 bits per heavy atom. The topological polar surface area (TPSA) is 41.9 Å². The number of hydrogen-bond acceptors (Lipinski definition) is 4. The summed E-state index contributed by atoms with van der Waals surface area (Å²) in [6, 6.07) is 15.7. The number of carbonyl (C=O) groups is 1. The van der Waals surface area contributed by atoms with Gasteiger partial charge in [-0.15, -0.1) is 0 Å². The van der Waals surface area contributed by atoms with Crippen molar-refractivity contribution < 1.29 is 9.53 Å². The lowest BCUT2D eigenvalue weighted by molar-refractivity contribution is -0.122. The number of hydrogen-bond donors (Lipinski definition) is 0. The van der Waals surface area contributed by atoms with Gasteiger partial charge in [0.05, 0.1) is 16.7 Å². The van der Waals surface area contributed by atoms with Crippen LogP contribution >= 0.6 is 11.8 Å². The van der Waals surface area contributed by atoms with Gasteiger partial charge in [-0.25, -0.2) is 4.99 Å². The van der Waals surface area contributed by atoms with Crippen molar-refractivity contribution in [1.29, 1.82) is 0 Å². The highest BCUT2D eigenvalue weighted by Crippen LogP contribution is 2.36. The Kier molecular flexibility index (Phi) is 6.01. The van der Waals surface area contributed by atoms with E-state index in [1.54, 1.807) is 4.90 Å². The fourth-order valence-corrected chi connectivity index (χ4v) is 3.81. The van der Waals surface area contributed by atoms with Crippen molar-refractivity contribution in [2.45, 2.75) is 33.8 Å². The number of likely N-dealkylation sites (N-methyl/N-ethyl adjacent to an activating group) is 1. The molecule has 0 spiro atoms. The van der Waals surface area contributed by atoms with Crippen LogP contribution in [0.1, 0.15) is 31.9 Å². The Bertz CT molecular complexity index is 903. The summed E-state index contributed by atoms with van der Waals surface area (Å²) in [5.74, 6) is 0.759. The predicted octanol–water partition coefficient (Wildman–Crippen LogP) is 5.41. The first-order chi connectivity index (χ1) is 13.0. The maximum atomic E-state index is 12.9. The molecule has 4 nitrogen and oxygen atoms in total. The number of nitrogens with zero attached hydrogens (tertiary/aromatic N) is 2. The summed E-state index contributed by atoms with van der Waals surface area (Å²) in [4.78, 5) is 20.0. The summed E-state index contributed by atoms with van der Waals surface area (Å²) in [5, 5.41) is 0.713. The van der Waals surface area contributed by atoms with E-state index in [0.29, 0.717) is 16.6 Å². The van der Waals surface area contributed by atoms with Crippen LogP contribution in [0, 0.1) is 6.92 Å². The molecule has 2 aromatic rings. The first-order valence-corrected chi connectivity index (χ1v) is 9.92. The van der Waals surface area contributed by atoms with Crippen LogP contribution in [-0.4, -0.2) is 28.6 Å². The van der Waals surface area contributed by atoms with E-state index in [9.17, 15) is 4.79 Å². The third kappa shape index (κ3) is 4.42. The second-order valence-corrected chi connectivity index (χ2v) is 7.55. The average molecular weight is 381 g/mol. The number of para-hydroxylation sites is 2. The van der Waals surface area contributed by atoms with Crippen molar-refractivity contribution in [2.75, 3.05) is 6.54 Å². The SMILES string of the molecule is CCN1C(=O)/C(=C\c2ccccc2OC(C)C)SC1=Nc1ccccc1C. The first-order valence-electron chi connectivity index (χ1n) is 9.11. The van der Waals surface area contributed by atoms with Gasteiger partial charge < -0.3 is 4.74 Å². The zero-order valence-electron chi connectivity index (χ0n) is 16.1. The van der Waals surface area contributed by atoms with E-state index in [-0.39, 0.29) is 12.0 Å². The molecule has 1 saturated heterocycles. The lowest BCUT2D eigenvalue weighted by Crippen LogP contribution is -2.28. The van der Waals surface area contributed by atoms with Gasteiger partial charge in [-0.2, -0.15) is 0 Å². The maximum absolute atomic E-state index is 12.9. The van der Waals surface area contributed by atoms with Gasteiger partial charge in [0.15, 0.2) is 5.17 Å². The highest BCUT2D eigenvalue weighted by atomic mass is 32.2. The Morgan fingerprint density at radius 2 is 1.85 bits per heavy atom. The molecule has 0 aliphatic carbocycles. The molecule has 140 valence electrons. The molecule has 3 rings (SSSR count). The number of rotatable bonds is 5. The van der Waals surface area contributed by atoms with Gasteiger partial charge in [0.2, 0.25) is 0 Å². The Labute approximate surface area is 164 Å². The molecule has 1 aliphatic heterocycles. The fourth-order valence-electron chi connectivity index (χ4n) is 2.76. The molecule has 0 unspecified atom stereocenters. The highest BCUT2D eigenvalue weighted by Gasteiger charge is 2.32. The Hall–Kier alpha value is -2.53.